The van der Waals surface area contributed by atoms with E-state index in [1.807, 2.05) is 0 Å². The number of benzene rings is 1. The minimum atomic E-state index is -2.98. The third-order valence-electron chi connectivity index (χ3n) is 1.86. The zero-order valence-electron chi connectivity index (χ0n) is 13.0. The van der Waals surface area contributed by atoms with Crippen LogP contribution in [0.25, 0.3) is 0 Å². The van der Waals surface area contributed by atoms with Crippen molar-refractivity contribution >= 4 is 5.97 Å². The molecule has 17 heavy (non-hydrogen) atoms. The van der Waals surface area contributed by atoms with E-state index in [1.165, 1.54) is 6.92 Å². The molecule has 0 amide bonds. The highest BCUT2D eigenvalue weighted by Crippen LogP contribution is 2.28. The number of rotatable bonds is 4. The standard InChI is InChI=1S/C11H15NO5/c1-2-17-11(16)9(12)10(15)6-3-4-7(13)8(14)5-6/h3-5,9-10,13-15H,2,12H2,1H3/t9-,10+/m0/s1/i3D,4D,5D,10D. The molecule has 0 saturated heterocycles. The minimum absolute atomic E-state index is 0.0609. The van der Waals surface area contributed by atoms with E-state index in [4.69, 9.17) is 11.2 Å². The molecular formula is C11H15NO5. The summed E-state index contributed by atoms with van der Waals surface area (Å²) < 4.78 is 34.9. The molecule has 0 aromatic heterocycles. The van der Waals surface area contributed by atoms with Crippen LogP contribution in [0.1, 0.15) is 24.1 Å². The van der Waals surface area contributed by atoms with Crippen LogP contribution in [0, 0.1) is 0 Å². The number of esters is 1. The molecule has 94 valence electrons. The van der Waals surface area contributed by atoms with Gasteiger partial charge in [0, 0.05) is 0 Å². The molecule has 0 bridgehead atoms. The Morgan fingerprint density at radius 1 is 1.59 bits per heavy atom. The van der Waals surface area contributed by atoms with Gasteiger partial charge >= 0.3 is 5.97 Å². The monoisotopic (exact) mass is 245 g/mol. The van der Waals surface area contributed by atoms with Crippen molar-refractivity contribution in [1.82, 2.24) is 0 Å². The lowest BCUT2D eigenvalue weighted by molar-refractivity contribution is -0.147. The molecule has 1 aromatic carbocycles. The Bertz CT molecular complexity index is 549. The van der Waals surface area contributed by atoms with Crippen LogP contribution in [0.2, 0.25) is 0 Å². The van der Waals surface area contributed by atoms with Gasteiger partial charge in [-0.1, -0.05) is 6.04 Å². The van der Waals surface area contributed by atoms with Crippen LogP contribution < -0.4 is 5.73 Å². The van der Waals surface area contributed by atoms with E-state index < -0.39 is 53.3 Å². The molecule has 6 nitrogen and oxygen atoms in total. The van der Waals surface area contributed by atoms with Crippen LogP contribution in [0.15, 0.2) is 18.1 Å². The molecule has 5 N–H and O–H groups in total. The van der Waals surface area contributed by atoms with E-state index in [0.717, 1.165) is 0 Å². The molecule has 2 atom stereocenters. The lowest BCUT2D eigenvalue weighted by atomic mass is 10.0. The second-order valence-electron chi connectivity index (χ2n) is 3.06. The van der Waals surface area contributed by atoms with Crippen LogP contribution in [0.5, 0.6) is 11.5 Å². The van der Waals surface area contributed by atoms with Crippen molar-refractivity contribution in [2.45, 2.75) is 19.0 Å². The molecule has 0 fully saturated rings. The highest BCUT2D eigenvalue weighted by Gasteiger charge is 2.25. The van der Waals surface area contributed by atoms with E-state index >= 15 is 0 Å². The van der Waals surface area contributed by atoms with Crippen LogP contribution in [0.4, 0.5) is 0 Å². The summed E-state index contributed by atoms with van der Waals surface area (Å²) in [5, 5.41) is 28.9. The highest BCUT2D eigenvalue weighted by molar-refractivity contribution is 5.76. The van der Waals surface area contributed by atoms with E-state index in [-0.39, 0.29) is 6.61 Å². The molecule has 0 spiro atoms. The predicted molar refractivity (Wildman–Crippen MR) is 59.3 cm³/mol. The van der Waals surface area contributed by atoms with Crippen molar-refractivity contribution < 1.29 is 30.3 Å². The van der Waals surface area contributed by atoms with Gasteiger partial charge in [-0.25, -0.2) is 0 Å². The molecule has 0 aliphatic carbocycles. The average Bonchev–Trinajstić information content (AvgIpc) is 2.42. The smallest absolute Gasteiger partial charge is 0.325 e. The van der Waals surface area contributed by atoms with Gasteiger partial charge < -0.3 is 25.8 Å². The SMILES string of the molecule is [2H]c1c([2H])c([C@@]([2H])(O)[C@H](N)C(=O)OCC)c([2H])c(O)c1O. The molecule has 0 unspecified atom stereocenters. The van der Waals surface area contributed by atoms with Crippen LogP contribution >= 0.6 is 0 Å². The fourth-order valence-corrected chi connectivity index (χ4v) is 1.02. The highest BCUT2D eigenvalue weighted by atomic mass is 16.5. The molecule has 0 heterocycles. The first-order valence-corrected chi connectivity index (χ1v) is 4.74. The number of carbonyl (C=O) groups excluding carboxylic acids is 1. The first-order valence-electron chi connectivity index (χ1n) is 6.74. The first-order chi connectivity index (χ1) is 9.57. The summed E-state index contributed by atoms with van der Waals surface area (Å²) in [4.78, 5) is 11.5. The van der Waals surface area contributed by atoms with Gasteiger partial charge in [0.05, 0.1) is 12.1 Å². The third-order valence-corrected chi connectivity index (χ3v) is 1.86. The number of aliphatic hydroxyl groups is 1. The van der Waals surface area contributed by atoms with Gasteiger partial charge in [-0.15, -0.1) is 0 Å². The number of carbonyl (C=O) groups is 1. The Labute approximate surface area is 104 Å². The van der Waals surface area contributed by atoms with E-state index in [0.29, 0.717) is 0 Å². The second-order valence-corrected chi connectivity index (χ2v) is 3.06. The maximum atomic E-state index is 11.5. The molecule has 0 aliphatic rings. The molecule has 1 aromatic rings. The van der Waals surface area contributed by atoms with Crippen LogP contribution in [0.3, 0.4) is 0 Å². The fraction of sp³-hybridized carbons (Fsp3) is 0.364. The Kier molecular flexibility index (Phi) is 2.70. The van der Waals surface area contributed by atoms with E-state index in [9.17, 15) is 20.1 Å². The second kappa shape index (κ2) is 5.51. The Balaban J connectivity index is 3.48. The van der Waals surface area contributed by atoms with Gasteiger partial charge in [-0.2, -0.15) is 0 Å². The van der Waals surface area contributed by atoms with Crippen molar-refractivity contribution in [3.63, 3.8) is 0 Å². The summed E-state index contributed by atoms with van der Waals surface area (Å²) in [5.74, 6) is -3.27. The lowest BCUT2D eigenvalue weighted by Crippen LogP contribution is -2.38. The number of phenolic OH excluding ortho intramolecular Hbond substituents is 2. The van der Waals surface area contributed by atoms with E-state index in [1.54, 1.807) is 0 Å². The zero-order valence-corrected chi connectivity index (χ0v) is 9.02. The summed E-state index contributed by atoms with van der Waals surface area (Å²) in [6.07, 6.45) is -2.98. The number of nitrogens with two attached hydrogens (primary N) is 1. The minimum Gasteiger partial charge on any atom is -0.504 e. The van der Waals surface area contributed by atoms with Crippen molar-refractivity contribution in [1.29, 1.82) is 0 Å². The fourth-order valence-electron chi connectivity index (χ4n) is 1.02. The third kappa shape index (κ3) is 3.08. The van der Waals surface area contributed by atoms with Gasteiger partial charge in [0.15, 0.2) is 11.5 Å². The van der Waals surface area contributed by atoms with Gasteiger partial charge in [0.25, 0.3) is 0 Å². The molecule has 0 radical (unpaired) electrons. The number of aromatic hydroxyl groups is 2. The van der Waals surface area contributed by atoms with Crippen LogP contribution in [-0.2, 0) is 9.53 Å². The van der Waals surface area contributed by atoms with Gasteiger partial charge in [-0.3, -0.25) is 4.79 Å². The van der Waals surface area contributed by atoms with Crippen LogP contribution in [-0.4, -0.2) is 33.9 Å². The summed E-state index contributed by atoms with van der Waals surface area (Å²) in [6, 6.07) is -4.73. The van der Waals surface area contributed by atoms with Crippen molar-refractivity contribution in [3.8, 4) is 11.5 Å². The number of hydrogen-bond acceptors (Lipinski definition) is 6. The van der Waals surface area contributed by atoms with Gasteiger partial charge in [0.1, 0.15) is 12.1 Å². The average molecular weight is 245 g/mol. The van der Waals surface area contributed by atoms with Crippen molar-refractivity contribution in [2.75, 3.05) is 6.61 Å². The topological polar surface area (TPSA) is 113 Å². The maximum Gasteiger partial charge on any atom is 0.325 e. The summed E-state index contributed by atoms with van der Waals surface area (Å²) in [6.45, 7) is 1.42. The number of ether oxygens (including phenoxy) is 1. The quantitative estimate of drug-likeness (QED) is 0.439. The van der Waals surface area contributed by atoms with Crippen molar-refractivity contribution in [2.24, 2.45) is 5.73 Å². The zero-order chi connectivity index (χ0) is 16.5. The number of phenols is 2. The Hall–Kier alpha value is -1.79. The largest absolute Gasteiger partial charge is 0.504 e. The van der Waals surface area contributed by atoms with E-state index in [2.05, 4.69) is 4.74 Å². The summed E-state index contributed by atoms with van der Waals surface area (Å²) >= 11 is 0. The normalized spacial score (nSPS) is 19.2. The lowest BCUT2D eigenvalue weighted by Gasteiger charge is -2.17. The Morgan fingerprint density at radius 3 is 2.82 bits per heavy atom. The molecule has 6 heteroatoms. The van der Waals surface area contributed by atoms with Gasteiger partial charge in [0.2, 0.25) is 0 Å². The Morgan fingerprint density at radius 2 is 2.24 bits per heavy atom. The molecule has 0 aliphatic heterocycles. The van der Waals surface area contributed by atoms with Crippen molar-refractivity contribution in [3.05, 3.63) is 23.7 Å². The summed E-state index contributed by atoms with van der Waals surface area (Å²) in [5.41, 5.74) is 4.53. The summed E-state index contributed by atoms with van der Waals surface area (Å²) in [7, 11) is 0. The molecule has 0 saturated carbocycles. The van der Waals surface area contributed by atoms with Gasteiger partial charge in [-0.05, 0) is 24.6 Å². The molecular weight excluding hydrogens is 226 g/mol. The number of hydrogen-bond donors (Lipinski definition) is 4. The maximum absolute atomic E-state index is 11.5. The molecule has 1 rings (SSSR count). The first kappa shape index (κ1) is 8.32. The predicted octanol–water partition coefficient (Wildman–Crippen LogP) is 0.0216.